The van der Waals surface area contributed by atoms with Gasteiger partial charge < -0.3 is 5.32 Å². The molecule has 94 valence electrons. The van der Waals surface area contributed by atoms with Crippen molar-refractivity contribution in [1.82, 2.24) is 15.3 Å². The Kier molecular flexibility index (Phi) is 3.94. The van der Waals surface area contributed by atoms with Crippen LogP contribution in [0.2, 0.25) is 0 Å². The summed E-state index contributed by atoms with van der Waals surface area (Å²) in [6.07, 6.45) is 3.56. The molecule has 2 aromatic rings. The van der Waals surface area contributed by atoms with Crippen molar-refractivity contribution >= 4 is 12.4 Å². The van der Waals surface area contributed by atoms with Crippen LogP contribution in [0.4, 0.5) is 0 Å². The monoisotopic (exact) mass is 261 g/mol. The molecule has 1 aliphatic heterocycles. The second kappa shape index (κ2) is 5.46. The number of hydrogen-bond acceptors (Lipinski definition) is 3. The van der Waals surface area contributed by atoms with Crippen molar-refractivity contribution in [2.75, 3.05) is 13.1 Å². The molecule has 0 saturated carbocycles. The number of hydrogen-bond donors (Lipinski definition) is 1. The van der Waals surface area contributed by atoms with Gasteiger partial charge in [-0.3, -0.25) is 9.97 Å². The van der Waals surface area contributed by atoms with Gasteiger partial charge >= 0.3 is 0 Å². The Bertz CT molecular complexity index is 538. The standard InChI is InChI=1S/C14H15N3.ClH/c1-10-4-2-3-5-12(10)14-13(11-8-15-9-11)16-6-7-17-14;/h2-7,11,15H,8-9H2,1H3;1H. The van der Waals surface area contributed by atoms with Crippen LogP contribution in [-0.4, -0.2) is 23.1 Å². The molecular weight excluding hydrogens is 246 g/mol. The summed E-state index contributed by atoms with van der Waals surface area (Å²) in [6, 6.07) is 8.35. The van der Waals surface area contributed by atoms with E-state index in [1.807, 2.05) is 0 Å². The van der Waals surface area contributed by atoms with Gasteiger partial charge in [0.15, 0.2) is 0 Å². The van der Waals surface area contributed by atoms with Gasteiger partial charge in [0, 0.05) is 37.0 Å². The molecule has 1 N–H and O–H groups in total. The Morgan fingerprint density at radius 1 is 1.11 bits per heavy atom. The topological polar surface area (TPSA) is 37.8 Å². The molecule has 0 atom stereocenters. The largest absolute Gasteiger partial charge is 0.315 e. The summed E-state index contributed by atoms with van der Waals surface area (Å²) in [5, 5.41) is 3.29. The first-order valence-corrected chi connectivity index (χ1v) is 5.94. The van der Waals surface area contributed by atoms with E-state index in [2.05, 4.69) is 46.5 Å². The first kappa shape index (κ1) is 13.0. The third-order valence-electron chi connectivity index (χ3n) is 3.29. The first-order chi connectivity index (χ1) is 8.36. The second-order valence-electron chi connectivity index (χ2n) is 4.46. The quantitative estimate of drug-likeness (QED) is 0.903. The third kappa shape index (κ3) is 2.24. The SMILES string of the molecule is Cc1ccccc1-c1nccnc1C1CNC1.Cl. The van der Waals surface area contributed by atoms with E-state index in [1.165, 1.54) is 11.1 Å². The molecular formula is C14H16ClN3. The van der Waals surface area contributed by atoms with Crippen LogP contribution in [0.1, 0.15) is 17.2 Å². The van der Waals surface area contributed by atoms with Crippen LogP contribution in [0.15, 0.2) is 36.7 Å². The lowest BCUT2D eigenvalue weighted by Crippen LogP contribution is -2.40. The van der Waals surface area contributed by atoms with Gasteiger partial charge in [-0.05, 0) is 12.5 Å². The van der Waals surface area contributed by atoms with E-state index in [0.717, 1.165) is 24.5 Å². The molecule has 0 radical (unpaired) electrons. The van der Waals surface area contributed by atoms with Crippen molar-refractivity contribution in [2.45, 2.75) is 12.8 Å². The maximum absolute atomic E-state index is 4.52. The molecule has 1 aliphatic rings. The van der Waals surface area contributed by atoms with Gasteiger partial charge in [-0.2, -0.15) is 0 Å². The predicted octanol–water partition coefficient (Wildman–Crippen LogP) is 2.56. The lowest BCUT2D eigenvalue weighted by atomic mass is 9.93. The van der Waals surface area contributed by atoms with Crippen LogP contribution >= 0.6 is 12.4 Å². The number of halogens is 1. The van der Waals surface area contributed by atoms with Crippen LogP contribution in [0, 0.1) is 6.92 Å². The zero-order valence-electron chi connectivity index (χ0n) is 10.3. The van der Waals surface area contributed by atoms with E-state index < -0.39 is 0 Å². The minimum atomic E-state index is 0. The molecule has 0 amide bonds. The Labute approximate surface area is 113 Å². The number of aromatic nitrogens is 2. The second-order valence-corrected chi connectivity index (χ2v) is 4.46. The van der Waals surface area contributed by atoms with E-state index in [-0.39, 0.29) is 12.4 Å². The molecule has 0 spiro atoms. The summed E-state index contributed by atoms with van der Waals surface area (Å²) in [6.45, 7) is 4.14. The van der Waals surface area contributed by atoms with Crippen LogP contribution < -0.4 is 5.32 Å². The number of nitrogens with zero attached hydrogens (tertiary/aromatic N) is 2. The molecule has 1 aromatic carbocycles. The van der Waals surface area contributed by atoms with Crippen molar-refractivity contribution in [3.63, 3.8) is 0 Å². The van der Waals surface area contributed by atoms with Crippen LogP contribution in [0.3, 0.4) is 0 Å². The Morgan fingerprint density at radius 3 is 2.50 bits per heavy atom. The molecule has 3 nitrogen and oxygen atoms in total. The fourth-order valence-corrected chi connectivity index (χ4v) is 2.18. The number of rotatable bonds is 2. The molecule has 3 rings (SSSR count). The van der Waals surface area contributed by atoms with Crippen LogP contribution in [-0.2, 0) is 0 Å². The van der Waals surface area contributed by atoms with Gasteiger partial charge in [0.1, 0.15) is 0 Å². The van der Waals surface area contributed by atoms with E-state index in [4.69, 9.17) is 0 Å². The normalized spacial score (nSPS) is 14.7. The van der Waals surface area contributed by atoms with Gasteiger partial charge in [0.2, 0.25) is 0 Å². The van der Waals surface area contributed by atoms with Crippen molar-refractivity contribution in [3.8, 4) is 11.3 Å². The lowest BCUT2D eigenvalue weighted by molar-refractivity contribution is 0.439. The van der Waals surface area contributed by atoms with Crippen LogP contribution in [0.5, 0.6) is 0 Å². The summed E-state index contributed by atoms with van der Waals surface area (Å²) in [5.74, 6) is 0.512. The highest BCUT2D eigenvalue weighted by atomic mass is 35.5. The highest BCUT2D eigenvalue weighted by Crippen LogP contribution is 2.29. The van der Waals surface area contributed by atoms with E-state index >= 15 is 0 Å². The minimum Gasteiger partial charge on any atom is -0.315 e. The predicted molar refractivity (Wildman–Crippen MR) is 75.1 cm³/mol. The highest BCUT2D eigenvalue weighted by Gasteiger charge is 2.24. The van der Waals surface area contributed by atoms with E-state index in [1.54, 1.807) is 12.4 Å². The maximum Gasteiger partial charge on any atom is 0.0923 e. The summed E-state index contributed by atoms with van der Waals surface area (Å²) < 4.78 is 0. The molecule has 2 heterocycles. The van der Waals surface area contributed by atoms with Crippen molar-refractivity contribution in [2.24, 2.45) is 0 Å². The van der Waals surface area contributed by atoms with E-state index in [9.17, 15) is 0 Å². The smallest absolute Gasteiger partial charge is 0.0923 e. The fraction of sp³-hybridized carbons (Fsp3) is 0.286. The third-order valence-corrected chi connectivity index (χ3v) is 3.29. The van der Waals surface area contributed by atoms with Crippen LogP contribution in [0.25, 0.3) is 11.3 Å². The summed E-state index contributed by atoms with van der Waals surface area (Å²) in [5.41, 5.74) is 4.61. The molecule has 18 heavy (non-hydrogen) atoms. The average molecular weight is 262 g/mol. The van der Waals surface area contributed by atoms with E-state index in [0.29, 0.717) is 5.92 Å². The summed E-state index contributed by atoms with van der Waals surface area (Å²) in [7, 11) is 0. The van der Waals surface area contributed by atoms with Gasteiger partial charge in [-0.25, -0.2) is 0 Å². The van der Waals surface area contributed by atoms with Gasteiger partial charge in [0.25, 0.3) is 0 Å². The summed E-state index contributed by atoms with van der Waals surface area (Å²) in [4.78, 5) is 9.04. The molecule has 1 fully saturated rings. The molecule has 0 unspecified atom stereocenters. The van der Waals surface area contributed by atoms with Gasteiger partial charge in [-0.15, -0.1) is 12.4 Å². The lowest BCUT2D eigenvalue weighted by Gasteiger charge is -2.27. The Hall–Kier alpha value is -1.45. The molecule has 0 aliphatic carbocycles. The minimum absolute atomic E-state index is 0. The maximum atomic E-state index is 4.52. The van der Waals surface area contributed by atoms with Crippen molar-refractivity contribution < 1.29 is 0 Å². The first-order valence-electron chi connectivity index (χ1n) is 5.94. The van der Waals surface area contributed by atoms with Crippen molar-refractivity contribution in [3.05, 3.63) is 47.9 Å². The summed E-state index contributed by atoms with van der Waals surface area (Å²) >= 11 is 0. The Morgan fingerprint density at radius 2 is 1.83 bits per heavy atom. The molecule has 4 heteroatoms. The zero-order chi connectivity index (χ0) is 11.7. The highest BCUT2D eigenvalue weighted by molar-refractivity contribution is 5.85. The Balaban J connectivity index is 0.00000120. The van der Waals surface area contributed by atoms with Crippen molar-refractivity contribution in [1.29, 1.82) is 0 Å². The van der Waals surface area contributed by atoms with Gasteiger partial charge in [0.05, 0.1) is 11.4 Å². The van der Waals surface area contributed by atoms with Gasteiger partial charge in [-0.1, -0.05) is 24.3 Å². The fourth-order valence-electron chi connectivity index (χ4n) is 2.18. The number of nitrogens with one attached hydrogen (secondary N) is 1. The molecule has 1 aromatic heterocycles. The average Bonchev–Trinajstić information content (AvgIpc) is 2.29. The molecule has 0 bridgehead atoms. The zero-order valence-corrected chi connectivity index (χ0v) is 11.1. The molecule has 1 saturated heterocycles. The number of aryl methyl sites for hydroxylation is 1. The number of benzene rings is 1.